The van der Waals surface area contributed by atoms with E-state index in [0.717, 1.165) is 30.3 Å². The molecule has 1 atom stereocenters. The fourth-order valence-electron chi connectivity index (χ4n) is 3.99. The number of para-hydroxylation sites is 1. The number of hydrogen-bond donors (Lipinski definition) is 1. The van der Waals surface area contributed by atoms with Crippen molar-refractivity contribution < 1.29 is 13.2 Å². The number of benzene rings is 1. The maximum atomic E-state index is 13.4. The Morgan fingerprint density at radius 2 is 2.07 bits per heavy atom. The molecule has 9 heteroatoms. The van der Waals surface area contributed by atoms with Crippen LogP contribution in [0.3, 0.4) is 0 Å². The molecule has 7 nitrogen and oxygen atoms in total. The van der Waals surface area contributed by atoms with E-state index in [-0.39, 0.29) is 29.3 Å². The van der Waals surface area contributed by atoms with Gasteiger partial charge in [0.25, 0.3) is 0 Å². The summed E-state index contributed by atoms with van der Waals surface area (Å²) < 4.78 is 28.3. The predicted molar refractivity (Wildman–Crippen MR) is 110 cm³/mol. The summed E-state index contributed by atoms with van der Waals surface area (Å²) in [6, 6.07) is 7.15. The summed E-state index contributed by atoms with van der Waals surface area (Å²) in [4.78, 5) is 18.7. The number of pyridine rings is 1. The van der Waals surface area contributed by atoms with Gasteiger partial charge in [0.05, 0.1) is 12.1 Å². The van der Waals surface area contributed by atoms with Gasteiger partial charge in [0.1, 0.15) is 4.90 Å². The van der Waals surface area contributed by atoms with Crippen molar-refractivity contribution in [2.75, 3.05) is 32.7 Å². The van der Waals surface area contributed by atoms with E-state index in [9.17, 15) is 13.2 Å². The van der Waals surface area contributed by atoms with Crippen molar-refractivity contribution >= 4 is 39.2 Å². The first kappa shape index (κ1) is 21.0. The molecule has 28 heavy (non-hydrogen) atoms. The highest BCUT2D eigenvalue weighted by atomic mass is 35.5. The van der Waals surface area contributed by atoms with Crippen molar-refractivity contribution in [3.8, 4) is 0 Å². The SMILES string of the molecule is Cc1cnc2c(S(=O)(=O)N3CCCC(N4CCNCC4=O)C3)cccc2c1.Cl. The second-order valence-electron chi connectivity index (χ2n) is 7.26. The molecule has 0 spiro atoms. The zero-order valence-corrected chi connectivity index (χ0v) is 17.4. The summed E-state index contributed by atoms with van der Waals surface area (Å²) in [6.07, 6.45) is 3.28. The zero-order valence-electron chi connectivity index (χ0n) is 15.8. The number of hydrogen-bond acceptors (Lipinski definition) is 5. The van der Waals surface area contributed by atoms with Crippen LogP contribution in [0.1, 0.15) is 18.4 Å². The minimum Gasteiger partial charge on any atom is -0.336 e. The third-order valence-corrected chi connectivity index (χ3v) is 7.25. The minimum atomic E-state index is -3.67. The number of amides is 1. The van der Waals surface area contributed by atoms with Crippen LogP contribution in [0.15, 0.2) is 35.4 Å². The number of nitrogens with one attached hydrogen (secondary N) is 1. The summed E-state index contributed by atoms with van der Waals surface area (Å²) in [5, 5.41) is 3.89. The molecule has 2 fully saturated rings. The number of halogens is 1. The second-order valence-corrected chi connectivity index (χ2v) is 9.17. The molecule has 2 saturated heterocycles. The minimum absolute atomic E-state index is 0. The van der Waals surface area contributed by atoms with E-state index in [1.54, 1.807) is 18.3 Å². The fourth-order valence-corrected chi connectivity index (χ4v) is 5.67. The largest absolute Gasteiger partial charge is 0.336 e. The highest BCUT2D eigenvalue weighted by Crippen LogP contribution is 2.28. The average Bonchev–Trinajstić information content (AvgIpc) is 2.67. The van der Waals surface area contributed by atoms with Crippen molar-refractivity contribution in [2.45, 2.75) is 30.7 Å². The molecule has 0 aliphatic carbocycles. The summed E-state index contributed by atoms with van der Waals surface area (Å²) in [7, 11) is -3.67. The van der Waals surface area contributed by atoms with Crippen LogP contribution in [0.25, 0.3) is 10.9 Å². The number of nitrogens with zero attached hydrogens (tertiary/aromatic N) is 3. The lowest BCUT2D eigenvalue weighted by atomic mass is 10.1. The molecule has 2 aliphatic rings. The molecule has 1 amide bonds. The van der Waals surface area contributed by atoms with Gasteiger partial charge in [-0.05, 0) is 37.5 Å². The Hall–Kier alpha value is -1.74. The Kier molecular flexibility index (Phi) is 6.24. The van der Waals surface area contributed by atoms with Crippen LogP contribution >= 0.6 is 12.4 Å². The van der Waals surface area contributed by atoms with Crippen molar-refractivity contribution in [2.24, 2.45) is 0 Å². The summed E-state index contributed by atoms with van der Waals surface area (Å²) in [5.74, 6) is 0.0489. The quantitative estimate of drug-likeness (QED) is 0.808. The first-order valence-corrected chi connectivity index (χ1v) is 10.8. The van der Waals surface area contributed by atoms with E-state index in [4.69, 9.17) is 0 Å². The topological polar surface area (TPSA) is 82.6 Å². The van der Waals surface area contributed by atoms with Crippen molar-refractivity contribution in [3.05, 3.63) is 36.0 Å². The summed E-state index contributed by atoms with van der Waals surface area (Å²) >= 11 is 0. The van der Waals surface area contributed by atoms with Gasteiger partial charge in [-0.15, -0.1) is 12.4 Å². The number of fused-ring (bicyclic) bond motifs is 1. The Morgan fingerprint density at radius 3 is 2.86 bits per heavy atom. The second kappa shape index (κ2) is 8.32. The molecule has 1 aromatic carbocycles. The molecular formula is C19H25ClN4O3S. The van der Waals surface area contributed by atoms with Gasteiger partial charge in [-0.25, -0.2) is 8.42 Å². The molecule has 3 heterocycles. The van der Waals surface area contributed by atoms with E-state index in [1.807, 2.05) is 24.0 Å². The Bertz CT molecular complexity index is 982. The lowest BCUT2D eigenvalue weighted by molar-refractivity contribution is -0.135. The molecule has 2 aliphatic heterocycles. The third-order valence-electron chi connectivity index (χ3n) is 5.35. The average molecular weight is 425 g/mol. The highest BCUT2D eigenvalue weighted by molar-refractivity contribution is 7.89. The summed E-state index contributed by atoms with van der Waals surface area (Å²) in [5.41, 5.74) is 1.50. The third kappa shape index (κ3) is 3.87. The molecule has 0 radical (unpaired) electrons. The summed E-state index contributed by atoms with van der Waals surface area (Å²) in [6.45, 7) is 4.47. The van der Waals surface area contributed by atoms with Crippen LogP contribution in [0.2, 0.25) is 0 Å². The van der Waals surface area contributed by atoms with Crippen LogP contribution in [-0.4, -0.2) is 67.3 Å². The number of aromatic nitrogens is 1. The molecule has 0 saturated carbocycles. The van der Waals surface area contributed by atoms with Crippen molar-refractivity contribution in [3.63, 3.8) is 0 Å². The van der Waals surface area contributed by atoms with Crippen LogP contribution in [0.5, 0.6) is 0 Å². The Balaban J connectivity index is 0.00000225. The van der Waals surface area contributed by atoms with Crippen LogP contribution in [0.4, 0.5) is 0 Å². The van der Waals surface area contributed by atoms with Gasteiger partial charge in [-0.2, -0.15) is 4.31 Å². The number of piperidine rings is 1. The van der Waals surface area contributed by atoms with Crippen LogP contribution in [0, 0.1) is 6.92 Å². The standard InChI is InChI=1S/C19H24N4O3S.ClH/c1-14-10-15-4-2-6-17(19(15)21-11-14)27(25,26)22-8-3-5-16(13-22)23-9-7-20-12-18(23)24;/h2,4,6,10-11,16,20H,3,5,7-9,12-13H2,1H3;1H. The monoisotopic (exact) mass is 424 g/mol. The fraction of sp³-hybridized carbons (Fsp3) is 0.474. The maximum Gasteiger partial charge on any atom is 0.245 e. The highest BCUT2D eigenvalue weighted by Gasteiger charge is 2.35. The first-order chi connectivity index (χ1) is 13.0. The molecule has 1 aromatic heterocycles. The number of piperazine rings is 1. The molecule has 152 valence electrons. The van der Waals surface area contributed by atoms with Gasteiger partial charge in [-0.1, -0.05) is 12.1 Å². The van der Waals surface area contributed by atoms with Gasteiger partial charge in [0.2, 0.25) is 15.9 Å². The van der Waals surface area contributed by atoms with Gasteiger partial charge in [0.15, 0.2) is 0 Å². The van der Waals surface area contributed by atoms with E-state index in [2.05, 4.69) is 10.3 Å². The van der Waals surface area contributed by atoms with Crippen LogP contribution in [-0.2, 0) is 14.8 Å². The lowest BCUT2D eigenvalue weighted by Crippen LogP contribution is -2.57. The Labute approximate surface area is 171 Å². The Morgan fingerprint density at radius 1 is 1.25 bits per heavy atom. The molecule has 1 N–H and O–H groups in total. The molecule has 4 rings (SSSR count). The van der Waals surface area contributed by atoms with Crippen molar-refractivity contribution in [1.82, 2.24) is 19.5 Å². The van der Waals surface area contributed by atoms with Crippen molar-refractivity contribution in [1.29, 1.82) is 0 Å². The van der Waals surface area contributed by atoms with Gasteiger partial charge >= 0.3 is 0 Å². The van der Waals surface area contributed by atoms with E-state index < -0.39 is 10.0 Å². The van der Waals surface area contributed by atoms with Crippen LogP contribution < -0.4 is 5.32 Å². The van der Waals surface area contributed by atoms with E-state index >= 15 is 0 Å². The number of carbonyl (C=O) groups excluding carboxylic acids is 1. The lowest BCUT2D eigenvalue weighted by Gasteiger charge is -2.40. The van der Waals surface area contributed by atoms with Gasteiger partial charge in [-0.3, -0.25) is 9.78 Å². The molecule has 0 bridgehead atoms. The van der Waals surface area contributed by atoms with Gasteiger partial charge in [0, 0.05) is 43.8 Å². The number of rotatable bonds is 3. The number of sulfonamides is 1. The molecular weight excluding hydrogens is 400 g/mol. The molecule has 1 unspecified atom stereocenters. The number of aryl methyl sites for hydroxylation is 1. The van der Waals surface area contributed by atoms with E-state index in [1.165, 1.54) is 4.31 Å². The predicted octanol–water partition coefficient (Wildman–Crippen LogP) is 1.55. The van der Waals surface area contributed by atoms with Gasteiger partial charge < -0.3 is 10.2 Å². The normalized spacial score (nSPS) is 21.5. The van der Waals surface area contributed by atoms with E-state index in [0.29, 0.717) is 31.7 Å². The zero-order chi connectivity index (χ0) is 19.0. The molecule has 2 aromatic rings. The maximum absolute atomic E-state index is 13.4. The smallest absolute Gasteiger partial charge is 0.245 e. The number of carbonyl (C=O) groups is 1. The first-order valence-electron chi connectivity index (χ1n) is 9.32.